The van der Waals surface area contributed by atoms with Crippen molar-refractivity contribution >= 4 is 52.0 Å². The SMILES string of the molecule is Cc1ccc(C)c(N2C(=O)S/C(=C/c3ccc(-c4ccc([N+](=O)[O-])cc4Cl)o3)C2=O)c1. The Labute approximate surface area is 186 Å². The van der Waals surface area contributed by atoms with Gasteiger partial charge in [0.1, 0.15) is 11.5 Å². The molecule has 0 saturated carbocycles. The molecule has 0 bridgehead atoms. The van der Waals surface area contributed by atoms with Crippen LogP contribution < -0.4 is 4.90 Å². The molecule has 1 aliphatic rings. The van der Waals surface area contributed by atoms with Crippen LogP contribution in [0.2, 0.25) is 5.02 Å². The Balaban J connectivity index is 1.63. The number of nitro benzene ring substituents is 1. The van der Waals surface area contributed by atoms with E-state index >= 15 is 0 Å². The smallest absolute Gasteiger partial charge is 0.298 e. The number of nitro groups is 1. The summed E-state index contributed by atoms with van der Waals surface area (Å²) < 4.78 is 5.75. The Morgan fingerprint density at radius 3 is 2.58 bits per heavy atom. The van der Waals surface area contributed by atoms with E-state index in [1.807, 2.05) is 26.0 Å². The molecule has 3 aromatic rings. The van der Waals surface area contributed by atoms with Gasteiger partial charge >= 0.3 is 0 Å². The molecule has 4 rings (SSSR count). The first-order valence-electron chi connectivity index (χ1n) is 9.14. The third-order valence-electron chi connectivity index (χ3n) is 4.73. The number of nitrogens with zero attached hydrogens (tertiary/aromatic N) is 2. The largest absolute Gasteiger partial charge is 0.457 e. The van der Waals surface area contributed by atoms with Gasteiger partial charge in [0.2, 0.25) is 0 Å². The maximum atomic E-state index is 12.9. The quantitative estimate of drug-likeness (QED) is 0.258. The average Bonchev–Trinajstić information content (AvgIpc) is 3.28. The third kappa shape index (κ3) is 3.99. The molecule has 0 spiro atoms. The number of thioether (sulfide) groups is 1. The Bertz CT molecular complexity index is 1280. The van der Waals surface area contributed by atoms with Gasteiger partial charge in [-0.25, -0.2) is 4.90 Å². The molecule has 1 aromatic heterocycles. The molecule has 156 valence electrons. The number of carbonyl (C=O) groups is 2. The zero-order valence-corrected chi connectivity index (χ0v) is 18.0. The second-order valence-electron chi connectivity index (χ2n) is 6.93. The molecule has 2 heterocycles. The number of halogens is 1. The zero-order valence-electron chi connectivity index (χ0n) is 16.4. The summed E-state index contributed by atoms with van der Waals surface area (Å²) in [6.45, 7) is 3.74. The second-order valence-corrected chi connectivity index (χ2v) is 8.33. The van der Waals surface area contributed by atoms with Crippen molar-refractivity contribution in [2.75, 3.05) is 4.90 Å². The zero-order chi connectivity index (χ0) is 22.3. The molecule has 2 aromatic carbocycles. The number of anilines is 1. The van der Waals surface area contributed by atoms with E-state index in [1.54, 1.807) is 18.2 Å². The second kappa shape index (κ2) is 8.05. The number of aryl methyl sites for hydroxylation is 2. The molecular formula is C22H15ClN2O5S. The third-order valence-corrected chi connectivity index (χ3v) is 5.91. The highest BCUT2D eigenvalue weighted by atomic mass is 35.5. The monoisotopic (exact) mass is 454 g/mol. The highest BCUT2D eigenvalue weighted by molar-refractivity contribution is 8.19. The van der Waals surface area contributed by atoms with Gasteiger partial charge in [-0.15, -0.1) is 0 Å². The lowest BCUT2D eigenvalue weighted by molar-refractivity contribution is -0.384. The minimum atomic E-state index is -0.532. The van der Waals surface area contributed by atoms with E-state index in [0.717, 1.165) is 27.8 Å². The average molecular weight is 455 g/mol. The molecule has 9 heteroatoms. The number of furan rings is 1. The molecule has 0 unspecified atom stereocenters. The fraction of sp³-hybridized carbons (Fsp3) is 0.0909. The predicted molar refractivity (Wildman–Crippen MR) is 120 cm³/mol. The summed E-state index contributed by atoms with van der Waals surface area (Å²) in [5.41, 5.74) is 2.68. The van der Waals surface area contributed by atoms with E-state index in [4.69, 9.17) is 16.0 Å². The fourth-order valence-corrected chi connectivity index (χ4v) is 4.24. The molecule has 0 atom stereocenters. The van der Waals surface area contributed by atoms with Crippen LogP contribution in [0.4, 0.5) is 16.2 Å². The van der Waals surface area contributed by atoms with Crippen LogP contribution >= 0.6 is 23.4 Å². The summed E-state index contributed by atoms with van der Waals surface area (Å²) in [5.74, 6) is 0.325. The van der Waals surface area contributed by atoms with Gasteiger partial charge < -0.3 is 4.42 Å². The summed E-state index contributed by atoms with van der Waals surface area (Å²) in [7, 11) is 0. The highest BCUT2D eigenvalue weighted by Gasteiger charge is 2.37. The first kappa shape index (κ1) is 20.9. The first-order valence-corrected chi connectivity index (χ1v) is 10.3. The van der Waals surface area contributed by atoms with Crippen LogP contribution in [0.15, 0.2) is 57.9 Å². The Morgan fingerprint density at radius 1 is 1.10 bits per heavy atom. The van der Waals surface area contributed by atoms with Gasteiger partial charge in [0.25, 0.3) is 16.8 Å². The molecule has 31 heavy (non-hydrogen) atoms. The van der Waals surface area contributed by atoms with Crippen molar-refractivity contribution in [3.8, 4) is 11.3 Å². The molecule has 0 aliphatic carbocycles. The Hall–Kier alpha value is -3.36. The van der Waals surface area contributed by atoms with Crippen molar-refractivity contribution in [3.63, 3.8) is 0 Å². The predicted octanol–water partition coefficient (Wildman–Crippen LogP) is 6.37. The van der Waals surface area contributed by atoms with Gasteiger partial charge in [-0.3, -0.25) is 19.7 Å². The summed E-state index contributed by atoms with van der Waals surface area (Å²) >= 11 is 6.99. The minimum absolute atomic E-state index is 0.124. The maximum Gasteiger partial charge on any atom is 0.298 e. The molecule has 1 saturated heterocycles. The number of benzene rings is 2. The normalized spacial score (nSPS) is 15.2. The van der Waals surface area contributed by atoms with E-state index in [-0.39, 0.29) is 20.9 Å². The summed E-state index contributed by atoms with van der Waals surface area (Å²) in [5, 5.41) is 10.7. The fourth-order valence-electron chi connectivity index (χ4n) is 3.16. The molecule has 7 nitrogen and oxygen atoms in total. The van der Waals surface area contributed by atoms with Crippen LogP contribution in [0.3, 0.4) is 0 Å². The molecule has 2 amide bonds. The van der Waals surface area contributed by atoms with Crippen molar-refractivity contribution in [1.29, 1.82) is 0 Å². The van der Waals surface area contributed by atoms with Gasteiger partial charge in [-0.2, -0.15) is 0 Å². The van der Waals surface area contributed by atoms with E-state index in [1.165, 1.54) is 24.3 Å². The van der Waals surface area contributed by atoms with Crippen molar-refractivity contribution in [1.82, 2.24) is 0 Å². The lowest BCUT2D eigenvalue weighted by Crippen LogP contribution is -2.28. The number of rotatable bonds is 4. The van der Waals surface area contributed by atoms with Gasteiger partial charge in [0.15, 0.2) is 0 Å². The number of amides is 2. The number of imide groups is 1. The van der Waals surface area contributed by atoms with Gasteiger partial charge in [0, 0.05) is 23.8 Å². The van der Waals surface area contributed by atoms with Crippen LogP contribution in [0.5, 0.6) is 0 Å². The van der Waals surface area contributed by atoms with Crippen LogP contribution in [0.1, 0.15) is 16.9 Å². The van der Waals surface area contributed by atoms with Crippen LogP contribution in [0, 0.1) is 24.0 Å². The van der Waals surface area contributed by atoms with Crippen molar-refractivity contribution in [2.45, 2.75) is 13.8 Å². The van der Waals surface area contributed by atoms with E-state index in [9.17, 15) is 19.7 Å². The van der Waals surface area contributed by atoms with Crippen LogP contribution in [-0.2, 0) is 4.79 Å². The summed E-state index contributed by atoms with van der Waals surface area (Å²) in [6, 6.07) is 12.9. The number of carbonyl (C=O) groups excluding carboxylic acids is 2. The molecule has 0 N–H and O–H groups in total. The number of hydrogen-bond acceptors (Lipinski definition) is 6. The Morgan fingerprint density at radius 2 is 1.87 bits per heavy atom. The lowest BCUT2D eigenvalue weighted by atomic mass is 10.1. The summed E-state index contributed by atoms with van der Waals surface area (Å²) in [6.07, 6.45) is 1.50. The van der Waals surface area contributed by atoms with Crippen LogP contribution in [-0.4, -0.2) is 16.1 Å². The Kier molecular flexibility index (Phi) is 5.43. The standard InChI is InChI=1S/C22H15ClN2O5S/c1-12-3-4-13(2)18(9-12)24-21(26)20(31-22(24)27)11-15-6-8-19(30-15)16-7-5-14(25(28)29)10-17(16)23/h3-11H,1-2H3/b20-11+. The summed E-state index contributed by atoms with van der Waals surface area (Å²) in [4.78, 5) is 37.2. The molecule has 1 aliphatic heterocycles. The topological polar surface area (TPSA) is 93.7 Å². The molecular weight excluding hydrogens is 440 g/mol. The molecule has 1 fully saturated rings. The van der Waals surface area contributed by atoms with Crippen LogP contribution in [0.25, 0.3) is 17.4 Å². The highest BCUT2D eigenvalue weighted by Crippen LogP contribution is 2.38. The number of hydrogen-bond donors (Lipinski definition) is 0. The van der Waals surface area contributed by atoms with Gasteiger partial charge in [-0.1, -0.05) is 23.7 Å². The minimum Gasteiger partial charge on any atom is -0.457 e. The van der Waals surface area contributed by atoms with Crippen molar-refractivity contribution in [2.24, 2.45) is 0 Å². The van der Waals surface area contributed by atoms with Crippen molar-refractivity contribution < 1.29 is 18.9 Å². The lowest BCUT2D eigenvalue weighted by Gasteiger charge is -2.15. The van der Waals surface area contributed by atoms with Gasteiger partial charge in [-0.05, 0) is 61.0 Å². The van der Waals surface area contributed by atoms with E-state index in [2.05, 4.69) is 0 Å². The first-order chi connectivity index (χ1) is 14.7. The maximum absolute atomic E-state index is 12.9. The number of non-ortho nitro benzene ring substituents is 1. The van der Waals surface area contributed by atoms with E-state index in [0.29, 0.717) is 22.8 Å². The van der Waals surface area contributed by atoms with Crippen molar-refractivity contribution in [3.05, 3.63) is 85.5 Å². The van der Waals surface area contributed by atoms with Gasteiger partial charge in [0.05, 0.1) is 20.5 Å². The molecule has 0 radical (unpaired) electrons. The van der Waals surface area contributed by atoms with E-state index < -0.39 is 10.8 Å².